The van der Waals surface area contributed by atoms with Gasteiger partial charge in [-0.15, -0.1) is 0 Å². The molecule has 1 amide bonds. The molecular weight excluding hydrogens is 198 g/mol. The molecule has 2 N–H and O–H groups in total. The van der Waals surface area contributed by atoms with E-state index in [0.29, 0.717) is 18.4 Å². The first kappa shape index (κ1) is 9.92. The lowest BCUT2D eigenvalue weighted by Crippen LogP contribution is -2.46. The number of rotatable bonds is 2. The van der Waals surface area contributed by atoms with Crippen LogP contribution in [0.25, 0.3) is 0 Å². The zero-order valence-electron chi connectivity index (χ0n) is 7.97. The summed E-state index contributed by atoms with van der Waals surface area (Å²) in [5, 5.41) is 11.7. The highest BCUT2D eigenvalue weighted by Gasteiger charge is 2.28. The first-order valence-electron chi connectivity index (χ1n) is 4.73. The SMILES string of the molecule is O=C(NC1CC(O)C1)c1ccc(=O)oc1. The fraction of sp³-hybridized carbons (Fsp3) is 0.400. The average Bonchev–Trinajstić information content (AvgIpc) is 2.16. The van der Waals surface area contributed by atoms with E-state index in [0.717, 1.165) is 6.26 Å². The summed E-state index contributed by atoms with van der Waals surface area (Å²) in [6.07, 6.45) is 2.00. The Hall–Kier alpha value is -1.62. The maximum atomic E-state index is 11.5. The van der Waals surface area contributed by atoms with Crippen LogP contribution in [-0.4, -0.2) is 23.2 Å². The molecule has 1 aliphatic carbocycles. The summed E-state index contributed by atoms with van der Waals surface area (Å²) in [6.45, 7) is 0. The largest absolute Gasteiger partial charge is 0.430 e. The second-order valence-electron chi connectivity index (χ2n) is 3.64. The Bertz CT molecular complexity index is 399. The molecule has 1 saturated carbocycles. The average molecular weight is 209 g/mol. The fourth-order valence-electron chi connectivity index (χ4n) is 1.46. The Morgan fingerprint density at radius 3 is 2.73 bits per heavy atom. The molecule has 0 atom stereocenters. The van der Waals surface area contributed by atoms with Crippen molar-refractivity contribution in [2.45, 2.75) is 25.0 Å². The quantitative estimate of drug-likeness (QED) is 0.712. The number of aliphatic hydroxyl groups is 1. The first-order valence-corrected chi connectivity index (χ1v) is 4.73. The van der Waals surface area contributed by atoms with Crippen LogP contribution in [0.3, 0.4) is 0 Å². The zero-order chi connectivity index (χ0) is 10.8. The van der Waals surface area contributed by atoms with Gasteiger partial charge in [0.05, 0.1) is 11.7 Å². The van der Waals surface area contributed by atoms with Gasteiger partial charge in [-0.05, 0) is 18.9 Å². The van der Waals surface area contributed by atoms with Crippen molar-refractivity contribution in [1.82, 2.24) is 5.32 Å². The second-order valence-corrected chi connectivity index (χ2v) is 3.64. The number of carbonyl (C=O) groups is 1. The summed E-state index contributed by atoms with van der Waals surface area (Å²) in [4.78, 5) is 22.2. The van der Waals surface area contributed by atoms with E-state index >= 15 is 0 Å². The lowest BCUT2D eigenvalue weighted by Gasteiger charge is -2.31. The van der Waals surface area contributed by atoms with Crippen molar-refractivity contribution < 1.29 is 14.3 Å². The van der Waals surface area contributed by atoms with Gasteiger partial charge in [0.15, 0.2) is 0 Å². The second kappa shape index (κ2) is 3.86. The van der Waals surface area contributed by atoms with Crippen LogP contribution in [0.1, 0.15) is 23.2 Å². The summed E-state index contributed by atoms with van der Waals surface area (Å²) in [6, 6.07) is 2.64. The molecule has 0 bridgehead atoms. The summed E-state index contributed by atoms with van der Waals surface area (Å²) in [5.41, 5.74) is -0.165. The molecular formula is C10H11NO4. The van der Waals surface area contributed by atoms with Crippen molar-refractivity contribution in [3.63, 3.8) is 0 Å². The third kappa shape index (κ3) is 2.24. The monoisotopic (exact) mass is 209 g/mol. The number of hydrogen-bond acceptors (Lipinski definition) is 4. The predicted octanol–water partition coefficient (Wildman–Crippen LogP) is -0.107. The van der Waals surface area contributed by atoms with Gasteiger partial charge in [-0.1, -0.05) is 0 Å². The highest BCUT2D eigenvalue weighted by Crippen LogP contribution is 2.19. The first-order chi connectivity index (χ1) is 7.15. The molecule has 1 heterocycles. The summed E-state index contributed by atoms with van der Waals surface area (Å²) in [5.74, 6) is -0.282. The maximum Gasteiger partial charge on any atom is 0.335 e. The van der Waals surface area contributed by atoms with Crippen LogP contribution in [-0.2, 0) is 0 Å². The predicted molar refractivity (Wildman–Crippen MR) is 51.5 cm³/mol. The van der Waals surface area contributed by atoms with Crippen LogP contribution < -0.4 is 10.9 Å². The van der Waals surface area contributed by atoms with Crippen molar-refractivity contribution >= 4 is 5.91 Å². The molecule has 5 nitrogen and oxygen atoms in total. The van der Waals surface area contributed by atoms with Gasteiger partial charge < -0.3 is 14.8 Å². The van der Waals surface area contributed by atoms with E-state index in [2.05, 4.69) is 9.73 Å². The van der Waals surface area contributed by atoms with Gasteiger partial charge in [0.1, 0.15) is 6.26 Å². The van der Waals surface area contributed by atoms with Gasteiger partial charge in [0.2, 0.25) is 0 Å². The van der Waals surface area contributed by atoms with E-state index in [4.69, 9.17) is 5.11 Å². The van der Waals surface area contributed by atoms with E-state index in [1.807, 2.05) is 0 Å². The highest BCUT2D eigenvalue weighted by molar-refractivity contribution is 5.93. The summed E-state index contributed by atoms with van der Waals surface area (Å²) < 4.78 is 4.57. The smallest absolute Gasteiger partial charge is 0.335 e. The molecule has 0 unspecified atom stereocenters. The fourth-order valence-corrected chi connectivity index (χ4v) is 1.46. The molecule has 80 valence electrons. The third-order valence-electron chi connectivity index (χ3n) is 2.41. The van der Waals surface area contributed by atoms with Crippen LogP contribution in [0.4, 0.5) is 0 Å². The molecule has 1 aromatic heterocycles. The molecule has 5 heteroatoms. The van der Waals surface area contributed by atoms with Crippen LogP contribution in [0.15, 0.2) is 27.6 Å². The Labute approximate surface area is 85.7 Å². The van der Waals surface area contributed by atoms with Crippen molar-refractivity contribution in [2.75, 3.05) is 0 Å². The van der Waals surface area contributed by atoms with E-state index < -0.39 is 5.63 Å². The molecule has 2 rings (SSSR count). The molecule has 0 spiro atoms. The van der Waals surface area contributed by atoms with Crippen molar-refractivity contribution in [3.05, 3.63) is 34.4 Å². The third-order valence-corrected chi connectivity index (χ3v) is 2.41. The molecule has 15 heavy (non-hydrogen) atoms. The lowest BCUT2D eigenvalue weighted by molar-refractivity contribution is 0.0562. The van der Waals surface area contributed by atoms with E-state index in [1.54, 1.807) is 0 Å². The van der Waals surface area contributed by atoms with Crippen LogP contribution in [0.2, 0.25) is 0 Å². The van der Waals surface area contributed by atoms with Gasteiger partial charge >= 0.3 is 5.63 Å². The molecule has 0 radical (unpaired) electrons. The van der Waals surface area contributed by atoms with Gasteiger partial charge in [0, 0.05) is 12.1 Å². The van der Waals surface area contributed by atoms with Crippen molar-refractivity contribution in [1.29, 1.82) is 0 Å². The minimum absolute atomic E-state index is 0.0272. The summed E-state index contributed by atoms with van der Waals surface area (Å²) in [7, 11) is 0. The van der Waals surface area contributed by atoms with E-state index in [-0.39, 0.29) is 18.1 Å². The van der Waals surface area contributed by atoms with E-state index in [1.165, 1.54) is 12.1 Å². The zero-order valence-corrected chi connectivity index (χ0v) is 7.97. The number of hydrogen-bond donors (Lipinski definition) is 2. The summed E-state index contributed by atoms with van der Waals surface area (Å²) >= 11 is 0. The van der Waals surface area contributed by atoms with E-state index in [9.17, 15) is 9.59 Å². The van der Waals surface area contributed by atoms with Crippen LogP contribution in [0.5, 0.6) is 0 Å². The maximum absolute atomic E-state index is 11.5. The Morgan fingerprint density at radius 1 is 1.47 bits per heavy atom. The number of aliphatic hydroxyl groups excluding tert-OH is 1. The molecule has 0 saturated heterocycles. The van der Waals surface area contributed by atoms with Gasteiger partial charge in [-0.3, -0.25) is 4.79 Å². The van der Waals surface area contributed by atoms with Crippen LogP contribution >= 0.6 is 0 Å². The van der Waals surface area contributed by atoms with Gasteiger partial charge in [-0.2, -0.15) is 0 Å². The minimum atomic E-state index is -0.481. The molecule has 0 aromatic carbocycles. The van der Waals surface area contributed by atoms with Crippen LogP contribution in [0, 0.1) is 0 Å². The Morgan fingerprint density at radius 2 is 2.20 bits per heavy atom. The highest BCUT2D eigenvalue weighted by atomic mass is 16.4. The number of carbonyl (C=O) groups excluding carboxylic acids is 1. The molecule has 1 aromatic rings. The Kier molecular flexibility index (Phi) is 2.55. The van der Waals surface area contributed by atoms with Crippen molar-refractivity contribution in [3.8, 4) is 0 Å². The standard InChI is InChI=1S/C10H11NO4/c12-8-3-7(4-8)11-10(14)6-1-2-9(13)15-5-6/h1-2,5,7-8,12H,3-4H2,(H,11,14). The molecule has 1 aliphatic rings. The topological polar surface area (TPSA) is 79.5 Å². The Balaban J connectivity index is 1.96. The number of nitrogens with one attached hydrogen (secondary N) is 1. The minimum Gasteiger partial charge on any atom is -0.430 e. The number of amides is 1. The normalized spacial score (nSPS) is 24.3. The van der Waals surface area contributed by atoms with Gasteiger partial charge in [-0.25, -0.2) is 4.79 Å². The molecule has 1 fully saturated rings. The lowest BCUT2D eigenvalue weighted by atomic mass is 9.89. The molecule has 0 aliphatic heterocycles. The van der Waals surface area contributed by atoms with Crippen molar-refractivity contribution in [2.24, 2.45) is 0 Å². The van der Waals surface area contributed by atoms with Gasteiger partial charge in [0.25, 0.3) is 5.91 Å².